The van der Waals surface area contributed by atoms with Crippen molar-refractivity contribution in [2.75, 3.05) is 39.6 Å². The Morgan fingerprint density at radius 3 is 1.44 bits per heavy atom. The fourth-order valence-electron chi connectivity index (χ4n) is 3.12. The van der Waals surface area contributed by atoms with Gasteiger partial charge in [-0.15, -0.1) is 0 Å². The molecule has 0 N–H and O–H groups in total. The first kappa shape index (κ1) is 22.9. The van der Waals surface area contributed by atoms with Crippen LogP contribution in [0.4, 0.5) is 0 Å². The van der Waals surface area contributed by atoms with Crippen LogP contribution in [0, 0.1) is 0 Å². The topological polar surface area (TPSA) is 46.2 Å². The maximum atomic E-state index is 5.96. The lowest BCUT2D eigenvalue weighted by Crippen LogP contribution is -2.41. The van der Waals surface area contributed by atoms with E-state index < -0.39 is 0 Å². The van der Waals surface area contributed by atoms with Crippen LogP contribution in [-0.2, 0) is 23.5 Å². The summed E-state index contributed by atoms with van der Waals surface area (Å²) in [5.74, 6) is 0. The molecule has 3 fully saturated rings. The van der Waals surface area contributed by atoms with Crippen molar-refractivity contribution in [3.8, 4) is 0 Å². The van der Waals surface area contributed by atoms with E-state index in [0.717, 1.165) is 39.5 Å². The summed E-state index contributed by atoms with van der Waals surface area (Å²) in [6, 6.07) is 0. The molecule has 0 aromatic heterocycles. The molecule has 3 saturated heterocycles. The SMILES string of the molecule is C1CCOCC1.C1CCOCC1.CC1(C)OB(C2=CCOCC2)OC1(C)C. The number of hydrogen-bond donors (Lipinski definition) is 0. The van der Waals surface area contributed by atoms with Crippen LogP contribution < -0.4 is 0 Å². The summed E-state index contributed by atoms with van der Waals surface area (Å²) in [5.41, 5.74) is 0.744. The van der Waals surface area contributed by atoms with E-state index in [4.69, 9.17) is 23.5 Å². The summed E-state index contributed by atoms with van der Waals surface area (Å²) in [6.45, 7) is 13.8. The maximum absolute atomic E-state index is 5.96. The zero-order valence-corrected chi connectivity index (χ0v) is 17.9. The van der Waals surface area contributed by atoms with Crippen molar-refractivity contribution in [3.05, 3.63) is 11.5 Å². The van der Waals surface area contributed by atoms with Crippen molar-refractivity contribution in [2.24, 2.45) is 0 Å². The molecular formula is C21H39BO5. The lowest BCUT2D eigenvalue weighted by Gasteiger charge is -2.32. The van der Waals surface area contributed by atoms with E-state index in [0.29, 0.717) is 6.61 Å². The third-order valence-electron chi connectivity index (χ3n) is 5.71. The highest BCUT2D eigenvalue weighted by Gasteiger charge is 2.52. The van der Waals surface area contributed by atoms with Crippen LogP contribution in [0.3, 0.4) is 0 Å². The zero-order chi connectivity index (χ0) is 19.6. The Bertz CT molecular complexity index is 391. The van der Waals surface area contributed by atoms with Crippen molar-refractivity contribution in [3.63, 3.8) is 0 Å². The second kappa shape index (κ2) is 11.6. The Morgan fingerprint density at radius 2 is 1.15 bits per heavy atom. The van der Waals surface area contributed by atoms with Gasteiger partial charge in [-0.05, 0) is 78.1 Å². The fraction of sp³-hybridized carbons (Fsp3) is 0.905. The average Bonchev–Trinajstić information content (AvgIpc) is 2.94. The van der Waals surface area contributed by atoms with Gasteiger partial charge in [0, 0.05) is 26.4 Å². The Hall–Kier alpha value is -0.395. The van der Waals surface area contributed by atoms with Gasteiger partial charge in [0.15, 0.2) is 0 Å². The maximum Gasteiger partial charge on any atom is 0.490 e. The Kier molecular flexibility index (Phi) is 9.81. The molecule has 4 rings (SSSR count). The molecule has 156 valence electrons. The Balaban J connectivity index is 0.000000178. The highest BCUT2D eigenvalue weighted by molar-refractivity contribution is 6.54. The predicted octanol–water partition coefficient (Wildman–Crippen LogP) is 4.34. The largest absolute Gasteiger partial charge is 0.490 e. The smallest absolute Gasteiger partial charge is 0.400 e. The minimum absolute atomic E-state index is 0.182. The van der Waals surface area contributed by atoms with Crippen molar-refractivity contribution >= 4 is 7.12 Å². The van der Waals surface area contributed by atoms with Crippen LogP contribution in [0.15, 0.2) is 11.5 Å². The lowest BCUT2D eigenvalue weighted by molar-refractivity contribution is 0.00578. The van der Waals surface area contributed by atoms with Crippen molar-refractivity contribution in [2.45, 2.75) is 83.8 Å². The lowest BCUT2D eigenvalue weighted by atomic mass is 9.75. The second-order valence-electron chi connectivity index (χ2n) is 8.54. The molecule has 0 aromatic rings. The molecule has 0 amide bonds. The molecule has 5 nitrogen and oxygen atoms in total. The van der Waals surface area contributed by atoms with Gasteiger partial charge in [0.1, 0.15) is 0 Å². The van der Waals surface area contributed by atoms with E-state index in [9.17, 15) is 0 Å². The van der Waals surface area contributed by atoms with Gasteiger partial charge >= 0.3 is 7.12 Å². The molecule has 0 saturated carbocycles. The van der Waals surface area contributed by atoms with Crippen LogP contribution >= 0.6 is 0 Å². The molecule has 0 radical (unpaired) electrons. The molecule has 0 unspecified atom stereocenters. The van der Waals surface area contributed by atoms with Gasteiger partial charge in [0.2, 0.25) is 0 Å². The van der Waals surface area contributed by atoms with Crippen molar-refractivity contribution in [1.29, 1.82) is 0 Å². The quantitative estimate of drug-likeness (QED) is 0.632. The van der Waals surface area contributed by atoms with Gasteiger partial charge in [-0.1, -0.05) is 6.08 Å². The van der Waals surface area contributed by atoms with Gasteiger partial charge in [-0.2, -0.15) is 0 Å². The standard InChI is InChI=1S/C11H19BO3.2C5H10O/c1-10(2)11(3,4)15-12(14-10)9-5-7-13-8-6-9;2*1-2-4-6-5-3-1/h5H,6-8H2,1-4H3;2*1-5H2. The van der Waals surface area contributed by atoms with Crippen LogP contribution in [0.25, 0.3) is 0 Å². The molecule has 0 atom stereocenters. The van der Waals surface area contributed by atoms with Gasteiger partial charge < -0.3 is 23.5 Å². The second-order valence-corrected chi connectivity index (χ2v) is 8.54. The van der Waals surface area contributed by atoms with E-state index in [1.807, 2.05) is 0 Å². The highest BCUT2D eigenvalue weighted by Crippen LogP contribution is 2.39. The van der Waals surface area contributed by atoms with Crippen LogP contribution in [0.1, 0.15) is 72.6 Å². The molecular weight excluding hydrogens is 343 g/mol. The van der Waals surface area contributed by atoms with Gasteiger partial charge in [-0.3, -0.25) is 0 Å². The van der Waals surface area contributed by atoms with E-state index in [2.05, 4.69) is 33.8 Å². The van der Waals surface area contributed by atoms with E-state index in [-0.39, 0.29) is 18.3 Å². The van der Waals surface area contributed by atoms with Crippen LogP contribution in [-0.4, -0.2) is 58.0 Å². The average molecular weight is 382 g/mol. The summed E-state index contributed by atoms with van der Waals surface area (Å²) < 4.78 is 27.3. The third kappa shape index (κ3) is 7.86. The molecule has 27 heavy (non-hydrogen) atoms. The third-order valence-corrected chi connectivity index (χ3v) is 5.71. The number of ether oxygens (including phenoxy) is 3. The molecule has 6 heteroatoms. The molecule has 4 heterocycles. The van der Waals surface area contributed by atoms with Crippen LogP contribution in [0.2, 0.25) is 0 Å². The normalized spacial score (nSPS) is 26.8. The van der Waals surface area contributed by atoms with Crippen molar-refractivity contribution < 1.29 is 23.5 Å². The van der Waals surface area contributed by atoms with E-state index in [1.54, 1.807) is 0 Å². The molecule has 0 bridgehead atoms. The van der Waals surface area contributed by atoms with Gasteiger partial charge in [0.05, 0.1) is 24.4 Å². The molecule has 4 aliphatic heterocycles. The van der Waals surface area contributed by atoms with Gasteiger partial charge in [0.25, 0.3) is 0 Å². The first-order valence-electron chi connectivity index (χ1n) is 10.7. The zero-order valence-electron chi connectivity index (χ0n) is 17.9. The van der Waals surface area contributed by atoms with E-state index >= 15 is 0 Å². The van der Waals surface area contributed by atoms with Crippen LogP contribution in [0.5, 0.6) is 0 Å². The summed E-state index contributed by atoms with van der Waals surface area (Å²) >= 11 is 0. The summed E-state index contributed by atoms with van der Waals surface area (Å²) in [4.78, 5) is 0. The number of rotatable bonds is 1. The summed E-state index contributed by atoms with van der Waals surface area (Å²) in [7, 11) is -0.182. The molecule has 0 aliphatic carbocycles. The van der Waals surface area contributed by atoms with Crippen molar-refractivity contribution in [1.82, 2.24) is 0 Å². The Labute approximate surface area is 166 Å². The highest BCUT2D eigenvalue weighted by atomic mass is 16.7. The van der Waals surface area contributed by atoms with E-state index in [1.165, 1.54) is 44.0 Å². The Morgan fingerprint density at radius 1 is 0.667 bits per heavy atom. The molecule has 0 spiro atoms. The number of hydrogen-bond acceptors (Lipinski definition) is 5. The molecule has 4 aliphatic rings. The van der Waals surface area contributed by atoms with Gasteiger partial charge in [-0.25, -0.2) is 0 Å². The molecule has 0 aromatic carbocycles. The summed E-state index contributed by atoms with van der Waals surface area (Å²) in [6.07, 6.45) is 10.8. The summed E-state index contributed by atoms with van der Waals surface area (Å²) in [5, 5.41) is 0. The minimum atomic E-state index is -0.239. The fourth-order valence-corrected chi connectivity index (χ4v) is 3.12. The predicted molar refractivity (Wildman–Crippen MR) is 109 cm³/mol. The first-order valence-corrected chi connectivity index (χ1v) is 10.7. The minimum Gasteiger partial charge on any atom is -0.400 e. The monoisotopic (exact) mass is 382 g/mol. The first-order chi connectivity index (χ1) is 12.9.